The van der Waals surface area contributed by atoms with E-state index in [2.05, 4.69) is 10.1 Å². The smallest absolute Gasteiger partial charge is 0.293 e. The number of aromatic hydroxyl groups is 1. The maximum atomic E-state index is 9.60. The van der Waals surface area contributed by atoms with Gasteiger partial charge in [-0.05, 0) is 70.3 Å². The summed E-state index contributed by atoms with van der Waals surface area (Å²) in [6.07, 6.45) is 2.43. The van der Waals surface area contributed by atoms with E-state index >= 15 is 0 Å². The summed E-state index contributed by atoms with van der Waals surface area (Å²) in [4.78, 5) is 9.60. The molecule has 22 heavy (non-hydrogen) atoms. The Balaban J connectivity index is 0.000000421. The van der Waals surface area contributed by atoms with Gasteiger partial charge >= 0.3 is 0 Å². The molecule has 0 amide bonds. The molecule has 1 aromatic carbocycles. The summed E-state index contributed by atoms with van der Waals surface area (Å²) in [5, 5.41) is 12.5. The quantitative estimate of drug-likeness (QED) is 0.815. The molecule has 1 heterocycles. The van der Waals surface area contributed by atoms with Gasteiger partial charge in [-0.3, -0.25) is 4.79 Å². The lowest BCUT2D eigenvalue weighted by atomic mass is 9.90. The van der Waals surface area contributed by atoms with Crippen LogP contribution in [-0.4, -0.2) is 30.3 Å². The molecule has 0 aliphatic carbocycles. The van der Waals surface area contributed by atoms with Gasteiger partial charge in [0.15, 0.2) is 0 Å². The average molecular weight is 309 g/mol. The normalized spacial score (nSPS) is 14.8. The Morgan fingerprint density at radius 1 is 1.14 bits per heavy atom. The summed E-state index contributed by atoms with van der Waals surface area (Å²) in [5.74, 6) is 1.04. The van der Waals surface area contributed by atoms with Gasteiger partial charge in [-0.15, -0.1) is 0 Å². The predicted molar refractivity (Wildman–Crippen MR) is 91.2 cm³/mol. The van der Waals surface area contributed by atoms with Gasteiger partial charge in [0.2, 0.25) is 0 Å². The van der Waals surface area contributed by atoms with E-state index in [4.69, 9.17) is 5.11 Å². The molecule has 1 fully saturated rings. The lowest BCUT2D eigenvalue weighted by molar-refractivity contribution is -0.138. The Bertz CT molecular complexity index is 390. The van der Waals surface area contributed by atoms with E-state index in [1.165, 1.54) is 18.4 Å². The Hall–Kier alpha value is -1.55. The van der Waals surface area contributed by atoms with Gasteiger partial charge in [0.05, 0.1) is 0 Å². The second-order valence-electron chi connectivity index (χ2n) is 5.94. The van der Waals surface area contributed by atoms with E-state index in [9.17, 15) is 4.79 Å². The Morgan fingerprint density at radius 3 is 2.00 bits per heavy atom. The van der Waals surface area contributed by atoms with Crippen LogP contribution < -0.4 is 5.32 Å². The summed E-state index contributed by atoms with van der Waals surface area (Å²) in [7, 11) is 0. The van der Waals surface area contributed by atoms with Crippen molar-refractivity contribution >= 4 is 6.47 Å². The van der Waals surface area contributed by atoms with Crippen molar-refractivity contribution in [2.24, 2.45) is 0 Å². The van der Waals surface area contributed by atoms with E-state index < -0.39 is 0 Å². The molecular formula is C18H31NO3. The van der Waals surface area contributed by atoms with Crippen LogP contribution in [0, 0.1) is 0 Å². The highest BCUT2D eigenvalue weighted by Crippen LogP contribution is 2.26. The van der Waals surface area contributed by atoms with E-state index in [0.717, 1.165) is 13.1 Å². The molecule has 1 aromatic rings. The van der Waals surface area contributed by atoms with E-state index in [1.54, 1.807) is 12.1 Å². The van der Waals surface area contributed by atoms with Crippen molar-refractivity contribution in [2.45, 2.75) is 59.0 Å². The number of ether oxygens (including phenoxy) is 1. The highest BCUT2D eigenvalue weighted by Gasteiger charge is 2.14. The first kappa shape index (κ1) is 20.5. The zero-order chi connectivity index (χ0) is 17.0. The van der Waals surface area contributed by atoms with Gasteiger partial charge in [0.1, 0.15) is 11.4 Å². The van der Waals surface area contributed by atoms with Crippen molar-refractivity contribution in [3.05, 3.63) is 29.8 Å². The summed E-state index contributed by atoms with van der Waals surface area (Å²) in [6.45, 7) is 12.2. The fourth-order valence-corrected chi connectivity index (χ4v) is 2.05. The highest BCUT2D eigenvalue weighted by atomic mass is 16.5. The second kappa shape index (κ2) is 11.1. The maximum absolute atomic E-state index is 9.60. The molecule has 0 spiro atoms. The van der Waals surface area contributed by atoms with Crippen LogP contribution >= 0.6 is 0 Å². The summed E-state index contributed by atoms with van der Waals surface area (Å²) in [5.41, 5.74) is 1.04. The molecule has 0 aromatic heterocycles. The van der Waals surface area contributed by atoms with Crippen molar-refractivity contribution in [2.75, 3.05) is 13.1 Å². The second-order valence-corrected chi connectivity index (χ2v) is 5.94. The lowest BCUT2D eigenvalue weighted by Gasteiger charge is -2.22. The predicted octanol–water partition coefficient (Wildman–Crippen LogP) is 3.84. The van der Waals surface area contributed by atoms with Crippen LogP contribution in [0.25, 0.3) is 0 Å². The molecule has 4 nitrogen and oxygen atoms in total. The molecular weight excluding hydrogens is 278 g/mol. The van der Waals surface area contributed by atoms with Crippen molar-refractivity contribution < 1.29 is 14.6 Å². The van der Waals surface area contributed by atoms with Gasteiger partial charge in [0.25, 0.3) is 6.47 Å². The van der Waals surface area contributed by atoms with E-state index in [-0.39, 0.29) is 5.60 Å². The van der Waals surface area contributed by atoms with Crippen molar-refractivity contribution in [1.82, 2.24) is 5.32 Å². The Kier molecular flexibility index (Phi) is 10.3. The number of benzene rings is 1. The van der Waals surface area contributed by atoms with Gasteiger partial charge < -0.3 is 15.2 Å². The minimum absolute atomic E-state index is 0.318. The molecule has 1 aliphatic rings. The molecule has 0 saturated carbocycles. The number of carbonyl (C=O) groups excluding carboxylic acids is 1. The van der Waals surface area contributed by atoms with Crippen LogP contribution in [0.3, 0.4) is 0 Å². The van der Waals surface area contributed by atoms with Crippen LogP contribution in [0.2, 0.25) is 0 Å². The van der Waals surface area contributed by atoms with Gasteiger partial charge in [-0.25, -0.2) is 0 Å². The van der Waals surface area contributed by atoms with Crippen LogP contribution in [0.15, 0.2) is 24.3 Å². The summed E-state index contributed by atoms with van der Waals surface area (Å²) < 4.78 is 4.55. The largest absolute Gasteiger partial charge is 0.508 e. The minimum atomic E-state index is -0.318. The fourth-order valence-electron chi connectivity index (χ4n) is 2.05. The van der Waals surface area contributed by atoms with Gasteiger partial charge in [-0.1, -0.05) is 26.0 Å². The molecule has 0 bridgehead atoms. The van der Waals surface area contributed by atoms with Gasteiger partial charge in [0, 0.05) is 0 Å². The minimum Gasteiger partial charge on any atom is -0.508 e. The monoisotopic (exact) mass is 309 g/mol. The number of rotatable bonds is 2. The third kappa shape index (κ3) is 9.40. The number of phenols is 1. The Morgan fingerprint density at radius 2 is 1.64 bits per heavy atom. The van der Waals surface area contributed by atoms with E-state index in [1.807, 2.05) is 46.8 Å². The number of hydrogen-bond acceptors (Lipinski definition) is 4. The Labute approximate surface area is 134 Å². The average Bonchev–Trinajstić information content (AvgIpc) is 2.50. The molecule has 2 N–H and O–H groups in total. The molecule has 2 rings (SSSR count). The fraction of sp³-hybridized carbons (Fsp3) is 0.611. The number of hydrogen-bond donors (Lipinski definition) is 2. The summed E-state index contributed by atoms with van der Waals surface area (Å²) >= 11 is 0. The number of nitrogens with one attached hydrogen (secondary N) is 1. The number of phenolic OH excluding ortho intramolecular Hbond substituents is 1. The van der Waals surface area contributed by atoms with Gasteiger partial charge in [-0.2, -0.15) is 0 Å². The third-order valence-corrected chi connectivity index (χ3v) is 3.11. The zero-order valence-corrected chi connectivity index (χ0v) is 14.6. The maximum Gasteiger partial charge on any atom is 0.293 e. The molecule has 0 atom stereocenters. The first-order valence-electron chi connectivity index (χ1n) is 8.03. The topological polar surface area (TPSA) is 58.6 Å². The van der Waals surface area contributed by atoms with E-state index in [0.29, 0.717) is 18.1 Å². The van der Waals surface area contributed by atoms with Crippen LogP contribution in [0.5, 0.6) is 5.75 Å². The molecule has 126 valence electrons. The molecule has 1 saturated heterocycles. The number of carbonyl (C=O) groups is 1. The van der Waals surface area contributed by atoms with Crippen molar-refractivity contribution in [3.8, 4) is 5.75 Å². The van der Waals surface area contributed by atoms with Crippen LogP contribution in [0.4, 0.5) is 0 Å². The molecule has 1 aliphatic heterocycles. The first-order chi connectivity index (χ1) is 10.4. The highest BCUT2D eigenvalue weighted by molar-refractivity contribution is 5.37. The first-order valence-corrected chi connectivity index (χ1v) is 8.03. The van der Waals surface area contributed by atoms with Crippen molar-refractivity contribution in [1.29, 1.82) is 0 Å². The van der Waals surface area contributed by atoms with Crippen LogP contribution in [0.1, 0.15) is 58.9 Å². The third-order valence-electron chi connectivity index (χ3n) is 3.11. The number of piperidine rings is 1. The lowest BCUT2D eigenvalue weighted by Crippen LogP contribution is -2.26. The molecule has 0 unspecified atom stereocenters. The van der Waals surface area contributed by atoms with Crippen LogP contribution in [-0.2, 0) is 9.53 Å². The SMILES string of the molecule is CC.CC(C)(C)OC=O.Oc1ccc(C2CCNCC2)cc1. The molecule has 4 heteroatoms. The summed E-state index contributed by atoms with van der Waals surface area (Å²) in [6, 6.07) is 7.62. The zero-order valence-electron chi connectivity index (χ0n) is 14.6. The standard InChI is InChI=1S/C11H15NO.C5H10O2.C2H6/c13-11-3-1-9(2-4-11)10-5-7-12-8-6-10;1-5(2,3)7-4-6;1-2/h1-4,10,12-13H,5-8H2;4H,1-3H3;1-2H3. The molecule has 0 radical (unpaired) electrons. The van der Waals surface area contributed by atoms with Crippen molar-refractivity contribution in [3.63, 3.8) is 0 Å².